The van der Waals surface area contributed by atoms with Crippen molar-refractivity contribution in [2.75, 3.05) is 22.1 Å². The van der Waals surface area contributed by atoms with Crippen molar-refractivity contribution in [3.05, 3.63) is 52.5 Å². The van der Waals surface area contributed by atoms with Gasteiger partial charge in [0.05, 0.1) is 23.1 Å². The summed E-state index contributed by atoms with van der Waals surface area (Å²) in [4.78, 5) is 15.5. The second-order valence-corrected chi connectivity index (χ2v) is 7.27. The number of halogens is 1. The van der Waals surface area contributed by atoms with E-state index in [1.54, 1.807) is 0 Å². The minimum atomic E-state index is -0.704. The monoisotopic (exact) mass is 369 g/mol. The Morgan fingerprint density at radius 2 is 2.04 bits per heavy atom. The van der Waals surface area contributed by atoms with Crippen LogP contribution in [0.1, 0.15) is 18.4 Å². The first kappa shape index (κ1) is 13.4. The number of carbonyl (C=O) groups is 1. The third-order valence-corrected chi connectivity index (χ3v) is 5.99. The molecule has 23 heavy (non-hydrogen) atoms. The maximum absolute atomic E-state index is 13.1. The fourth-order valence-corrected chi connectivity index (χ4v) is 4.87. The van der Waals surface area contributed by atoms with Gasteiger partial charge in [-0.3, -0.25) is 4.79 Å². The number of hydrogen-bond acceptors (Lipinski definition) is 3. The molecule has 0 radical (unpaired) electrons. The summed E-state index contributed by atoms with van der Waals surface area (Å²) in [6, 6.07) is 14.5. The number of benzene rings is 2. The summed E-state index contributed by atoms with van der Waals surface area (Å²) in [5, 5.41) is 6.70. The number of nitrogens with zero attached hydrogens (tertiary/aromatic N) is 1. The lowest BCUT2D eigenvalue weighted by Crippen LogP contribution is -2.59. The van der Waals surface area contributed by atoms with Gasteiger partial charge < -0.3 is 15.5 Å². The molecular formula is C18H16BrN3O. The van der Waals surface area contributed by atoms with Gasteiger partial charge in [0, 0.05) is 16.6 Å². The molecule has 2 aromatic rings. The predicted octanol–water partition coefficient (Wildman–Crippen LogP) is 3.69. The summed E-state index contributed by atoms with van der Waals surface area (Å²) >= 11 is 3.57. The normalized spacial score (nSPS) is 27.3. The van der Waals surface area contributed by atoms with Crippen LogP contribution in [-0.2, 0) is 10.3 Å². The Labute approximate surface area is 143 Å². The molecule has 3 aliphatic rings. The lowest BCUT2D eigenvalue weighted by Gasteiger charge is -2.46. The van der Waals surface area contributed by atoms with Gasteiger partial charge >= 0.3 is 0 Å². The standard InChI is InChI=1S/C18H16BrN3O/c19-12-6-3-5-11-16(12)20-17(23)18(11)15-9-4-10-22(15)14-8-2-1-7-13(14)21-18/h1-3,5-8,15,21H,4,9-10H2,(H,20,23). The fraction of sp³-hybridized carbons (Fsp3) is 0.278. The van der Waals surface area contributed by atoms with Gasteiger partial charge in [0.2, 0.25) is 0 Å². The fourth-order valence-electron chi connectivity index (χ4n) is 4.40. The zero-order valence-corrected chi connectivity index (χ0v) is 14.1. The van der Waals surface area contributed by atoms with E-state index in [0.29, 0.717) is 0 Å². The third-order valence-electron chi connectivity index (χ3n) is 5.33. The zero-order valence-electron chi connectivity index (χ0n) is 12.5. The molecule has 0 aromatic heterocycles. The lowest BCUT2D eigenvalue weighted by molar-refractivity contribution is -0.120. The van der Waals surface area contributed by atoms with Crippen LogP contribution in [-0.4, -0.2) is 18.5 Å². The first-order valence-electron chi connectivity index (χ1n) is 7.96. The summed E-state index contributed by atoms with van der Waals surface area (Å²) in [7, 11) is 0. The van der Waals surface area contributed by atoms with Gasteiger partial charge in [-0.15, -0.1) is 0 Å². The summed E-state index contributed by atoms with van der Waals surface area (Å²) in [5.41, 5.74) is 3.48. The molecule has 4 nitrogen and oxygen atoms in total. The van der Waals surface area contributed by atoms with E-state index in [2.05, 4.69) is 55.7 Å². The highest BCUT2D eigenvalue weighted by Gasteiger charge is 2.58. The van der Waals surface area contributed by atoms with Gasteiger partial charge in [-0.2, -0.15) is 0 Å². The minimum absolute atomic E-state index is 0.0470. The molecular weight excluding hydrogens is 354 g/mol. The van der Waals surface area contributed by atoms with E-state index in [4.69, 9.17) is 0 Å². The van der Waals surface area contributed by atoms with Crippen LogP contribution in [0.5, 0.6) is 0 Å². The summed E-state index contributed by atoms with van der Waals surface area (Å²) in [5.74, 6) is 0.0470. The molecule has 5 heteroatoms. The van der Waals surface area contributed by atoms with Crippen molar-refractivity contribution in [2.24, 2.45) is 0 Å². The van der Waals surface area contributed by atoms with Crippen LogP contribution in [0, 0.1) is 0 Å². The molecule has 2 N–H and O–H groups in total. The molecule has 3 aliphatic heterocycles. The van der Waals surface area contributed by atoms with Crippen LogP contribution in [0.15, 0.2) is 46.9 Å². The molecule has 0 saturated carbocycles. The van der Waals surface area contributed by atoms with Gasteiger partial charge in [-0.25, -0.2) is 0 Å². The molecule has 0 bridgehead atoms. The number of carbonyl (C=O) groups excluding carboxylic acids is 1. The Kier molecular flexibility index (Phi) is 2.63. The highest BCUT2D eigenvalue weighted by molar-refractivity contribution is 9.10. The van der Waals surface area contributed by atoms with E-state index in [-0.39, 0.29) is 11.9 Å². The molecule has 1 fully saturated rings. The maximum atomic E-state index is 13.1. The van der Waals surface area contributed by atoms with Gasteiger partial charge in [0.15, 0.2) is 5.54 Å². The van der Waals surface area contributed by atoms with Crippen LogP contribution in [0.3, 0.4) is 0 Å². The molecule has 3 heterocycles. The Morgan fingerprint density at radius 3 is 2.96 bits per heavy atom. The quantitative estimate of drug-likeness (QED) is 0.744. The Balaban J connectivity index is 1.78. The van der Waals surface area contributed by atoms with Crippen LogP contribution in [0.4, 0.5) is 17.1 Å². The molecule has 0 aliphatic carbocycles. The average Bonchev–Trinajstić information content (AvgIpc) is 3.15. The molecule has 5 rings (SSSR count). The van der Waals surface area contributed by atoms with E-state index in [1.165, 1.54) is 5.69 Å². The maximum Gasteiger partial charge on any atom is 0.257 e. The number of amides is 1. The number of anilines is 3. The van der Waals surface area contributed by atoms with E-state index in [0.717, 1.165) is 40.8 Å². The van der Waals surface area contributed by atoms with Crippen molar-refractivity contribution >= 4 is 38.9 Å². The predicted molar refractivity (Wildman–Crippen MR) is 94.9 cm³/mol. The Bertz CT molecular complexity index is 837. The summed E-state index contributed by atoms with van der Waals surface area (Å²) < 4.78 is 0.936. The summed E-state index contributed by atoms with van der Waals surface area (Å²) in [6.07, 6.45) is 2.12. The number of hydrogen-bond donors (Lipinski definition) is 2. The first-order valence-corrected chi connectivity index (χ1v) is 8.75. The minimum Gasteiger partial charge on any atom is -0.364 e. The van der Waals surface area contributed by atoms with Crippen molar-refractivity contribution in [1.29, 1.82) is 0 Å². The molecule has 2 atom stereocenters. The molecule has 1 amide bonds. The number of fused-ring (bicyclic) bond motifs is 6. The molecule has 1 spiro atoms. The molecule has 116 valence electrons. The molecule has 1 saturated heterocycles. The number of nitrogens with one attached hydrogen (secondary N) is 2. The number of para-hydroxylation sites is 3. The molecule has 2 aromatic carbocycles. The zero-order chi connectivity index (χ0) is 15.6. The van der Waals surface area contributed by atoms with Crippen molar-refractivity contribution in [3.63, 3.8) is 0 Å². The van der Waals surface area contributed by atoms with Crippen LogP contribution < -0.4 is 15.5 Å². The average molecular weight is 370 g/mol. The Hall–Kier alpha value is -2.01. The van der Waals surface area contributed by atoms with Gasteiger partial charge in [0.25, 0.3) is 5.91 Å². The lowest BCUT2D eigenvalue weighted by atomic mass is 9.80. The van der Waals surface area contributed by atoms with E-state index >= 15 is 0 Å². The van der Waals surface area contributed by atoms with Gasteiger partial charge in [-0.05, 0) is 47.0 Å². The third kappa shape index (κ3) is 1.58. The second kappa shape index (κ2) is 4.51. The first-order chi connectivity index (χ1) is 11.2. The topological polar surface area (TPSA) is 44.4 Å². The van der Waals surface area contributed by atoms with Gasteiger partial charge in [0.1, 0.15) is 0 Å². The van der Waals surface area contributed by atoms with Crippen LogP contribution in [0.25, 0.3) is 0 Å². The largest absolute Gasteiger partial charge is 0.364 e. The van der Waals surface area contributed by atoms with Crippen molar-refractivity contribution in [3.8, 4) is 0 Å². The van der Waals surface area contributed by atoms with Crippen molar-refractivity contribution < 1.29 is 4.79 Å². The second-order valence-electron chi connectivity index (χ2n) is 6.42. The van der Waals surface area contributed by atoms with Crippen LogP contribution in [0.2, 0.25) is 0 Å². The number of rotatable bonds is 0. The van der Waals surface area contributed by atoms with Crippen molar-refractivity contribution in [2.45, 2.75) is 24.4 Å². The summed E-state index contributed by atoms with van der Waals surface area (Å²) in [6.45, 7) is 1.00. The highest BCUT2D eigenvalue weighted by Crippen LogP contribution is 2.52. The Morgan fingerprint density at radius 1 is 1.17 bits per heavy atom. The smallest absolute Gasteiger partial charge is 0.257 e. The van der Waals surface area contributed by atoms with Crippen molar-refractivity contribution in [1.82, 2.24) is 0 Å². The van der Waals surface area contributed by atoms with E-state index in [9.17, 15) is 4.79 Å². The van der Waals surface area contributed by atoms with Crippen LogP contribution >= 0.6 is 15.9 Å². The van der Waals surface area contributed by atoms with Gasteiger partial charge in [-0.1, -0.05) is 24.3 Å². The highest BCUT2D eigenvalue weighted by atomic mass is 79.9. The SMILES string of the molecule is O=C1Nc2c(Br)cccc2C12Nc1ccccc1N1CCCC12. The van der Waals surface area contributed by atoms with E-state index in [1.807, 2.05) is 18.2 Å². The van der Waals surface area contributed by atoms with E-state index < -0.39 is 5.54 Å². The molecule has 2 unspecified atom stereocenters.